The van der Waals surface area contributed by atoms with Crippen molar-refractivity contribution in [2.45, 2.75) is 87.9 Å². The second-order valence-corrected chi connectivity index (χ2v) is 13.5. The van der Waals surface area contributed by atoms with Gasteiger partial charge in [0.15, 0.2) is 0 Å². The van der Waals surface area contributed by atoms with Gasteiger partial charge in [-0.15, -0.1) is 0 Å². The minimum atomic E-state index is 0.172. The third kappa shape index (κ3) is 2.48. The van der Waals surface area contributed by atoms with Crippen molar-refractivity contribution < 1.29 is 10.2 Å². The van der Waals surface area contributed by atoms with E-state index < -0.39 is 0 Å². The van der Waals surface area contributed by atoms with Gasteiger partial charge in [0.05, 0.1) is 0 Å². The molecule has 2 nitrogen and oxygen atoms in total. The van der Waals surface area contributed by atoms with E-state index in [9.17, 15) is 10.2 Å². The Kier molecular flexibility index (Phi) is 3.53. The zero-order valence-corrected chi connectivity index (χ0v) is 19.2. The third-order valence-corrected chi connectivity index (χ3v) is 11.3. The second kappa shape index (κ2) is 6.05. The molecular weight excluding hydrogens is 392 g/mol. The summed E-state index contributed by atoms with van der Waals surface area (Å²) >= 11 is 0. The largest absolute Gasteiger partial charge is 0.508 e. The van der Waals surface area contributed by atoms with Crippen molar-refractivity contribution in [1.82, 2.24) is 0 Å². The first kappa shape index (κ1) is 18.7. The molecule has 10 rings (SSSR count). The first-order valence-corrected chi connectivity index (χ1v) is 13.5. The predicted octanol–water partition coefficient (Wildman–Crippen LogP) is 7.19. The van der Waals surface area contributed by atoms with Crippen molar-refractivity contribution in [2.75, 3.05) is 0 Å². The average molecular weight is 429 g/mol. The lowest BCUT2D eigenvalue weighted by Gasteiger charge is -2.57. The number of phenolic OH excluding ortho intramolecular Hbond substituents is 2. The summed E-state index contributed by atoms with van der Waals surface area (Å²) in [4.78, 5) is 0. The molecule has 8 saturated carbocycles. The van der Waals surface area contributed by atoms with Crippen LogP contribution in [0.25, 0.3) is 10.8 Å². The van der Waals surface area contributed by atoms with Crippen molar-refractivity contribution >= 4 is 10.8 Å². The van der Waals surface area contributed by atoms with Gasteiger partial charge in [-0.2, -0.15) is 0 Å². The molecule has 0 spiro atoms. The molecule has 0 amide bonds. The fraction of sp³-hybridized carbons (Fsp3) is 0.667. The molecule has 2 heteroatoms. The molecule has 168 valence electrons. The van der Waals surface area contributed by atoms with Crippen LogP contribution in [-0.4, -0.2) is 10.2 Å². The highest BCUT2D eigenvalue weighted by Gasteiger charge is 2.53. The number of benzene rings is 2. The van der Waals surface area contributed by atoms with Crippen molar-refractivity contribution in [1.29, 1.82) is 0 Å². The zero-order chi connectivity index (χ0) is 21.2. The molecule has 0 radical (unpaired) electrons. The maximum atomic E-state index is 11.5. The van der Waals surface area contributed by atoms with Gasteiger partial charge in [-0.25, -0.2) is 0 Å². The lowest BCUT2D eigenvalue weighted by atomic mass is 9.47. The number of fused-ring (bicyclic) bond motifs is 1. The minimum absolute atomic E-state index is 0.172. The summed E-state index contributed by atoms with van der Waals surface area (Å²) in [6.07, 6.45) is 16.3. The van der Waals surface area contributed by atoms with Crippen LogP contribution in [0.3, 0.4) is 0 Å². The van der Waals surface area contributed by atoms with Gasteiger partial charge in [0, 0.05) is 5.39 Å². The van der Waals surface area contributed by atoms with E-state index in [1.54, 1.807) is 0 Å². The molecule has 2 aromatic carbocycles. The van der Waals surface area contributed by atoms with Gasteiger partial charge in [-0.3, -0.25) is 0 Å². The van der Waals surface area contributed by atoms with Crippen molar-refractivity contribution in [3.05, 3.63) is 35.4 Å². The molecule has 0 heterocycles. The van der Waals surface area contributed by atoms with Gasteiger partial charge in [0.1, 0.15) is 11.5 Å². The van der Waals surface area contributed by atoms with Crippen molar-refractivity contribution in [2.24, 2.45) is 35.5 Å². The van der Waals surface area contributed by atoms with Crippen LogP contribution in [0.15, 0.2) is 24.3 Å². The maximum Gasteiger partial charge on any atom is 0.124 e. The first-order valence-electron chi connectivity index (χ1n) is 13.5. The molecule has 0 saturated heterocycles. The lowest BCUT2D eigenvalue weighted by molar-refractivity contribution is -0.00529. The second-order valence-electron chi connectivity index (χ2n) is 13.5. The van der Waals surface area contributed by atoms with E-state index in [-0.39, 0.29) is 10.8 Å². The fourth-order valence-electron chi connectivity index (χ4n) is 11.1. The predicted molar refractivity (Wildman–Crippen MR) is 127 cm³/mol. The van der Waals surface area contributed by atoms with Crippen LogP contribution >= 0.6 is 0 Å². The fourth-order valence-corrected chi connectivity index (χ4v) is 11.1. The summed E-state index contributed by atoms with van der Waals surface area (Å²) in [6, 6.07) is 8.51. The molecule has 32 heavy (non-hydrogen) atoms. The first-order chi connectivity index (χ1) is 15.5. The van der Waals surface area contributed by atoms with Crippen molar-refractivity contribution in [3.63, 3.8) is 0 Å². The number of rotatable bonds is 2. The third-order valence-electron chi connectivity index (χ3n) is 11.3. The smallest absolute Gasteiger partial charge is 0.124 e. The van der Waals surface area contributed by atoms with E-state index in [0.29, 0.717) is 11.5 Å². The van der Waals surface area contributed by atoms with Crippen LogP contribution in [0.5, 0.6) is 11.5 Å². The van der Waals surface area contributed by atoms with Gasteiger partial charge in [-0.05, 0) is 158 Å². The summed E-state index contributed by atoms with van der Waals surface area (Å²) in [5.74, 6) is 6.12. The molecule has 8 aliphatic rings. The molecule has 8 aliphatic carbocycles. The summed E-state index contributed by atoms with van der Waals surface area (Å²) in [5.41, 5.74) is 3.07. The van der Waals surface area contributed by atoms with E-state index in [4.69, 9.17) is 0 Å². The average Bonchev–Trinajstić information content (AvgIpc) is 2.71. The Morgan fingerprint density at radius 3 is 1.53 bits per heavy atom. The lowest BCUT2D eigenvalue weighted by Crippen LogP contribution is -2.48. The Hall–Kier alpha value is -1.70. The normalized spacial score (nSPS) is 45.8. The van der Waals surface area contributed by atoms with E-state index in [0.717, 1.165) is 46.3 Å². The molecule has 0 aliphatic heterocycles. The molecule has 2 aromatic rings. The van der Waals surface area contributed by atoms with Crippen LogP contribution in [0.1, 0.15) is 88.2 Å². The van der Waals surface area contributed by atoms with E-state index in [2.05, 4.69) is 12.1 Å². The highest BCUT2D eigenvalue weighted by atomic mass is 16.3. The van der Waals surface area contributed by atoms with Crippen LogP contribution in [0, 0.1) is 35.5 Å². The summed E-state index contributed by atoms with van der Waals surface area (Å²) in [6.45, 7) is 0. The Bertz CT molecular complexity index is 1060. The quantitative estimate of drug-likeness (QED) is 0.531. The van der Waals surface area contributed by atoms with E-state index >= 15 is 0 Å². The van der Waals surface area contributed by atoms with E-state index in [1.165, 1.54) is 88.2 Å². The summed E-state index contributed by atoms with van der Waals surface area (Å²) in [7, 11) is 0. The molecule has 8 bridgehead atoms. The topological polar surface area (TPSA) is 40.5 Å². The van der Waals surface area contributed by atoms with Gasteiger partial charge < -0.3 is 10.2 Å². The SMILES string of the molecule is Oc1cc(C23CC4CC(CC(C4)C2)C3)c2c(O)cc(C34CC5CC(CC(C5)C3)C4)cc2c1. The highest BCUT2D eigenvalue weighted by molar-refractivity contribution is 5.94. The van der Waals surface area contributed by atoms with Crippen LogP contribution in [0.4, 0.5) is 0 Å². The Morgan fingerprint density at radius 1 is 0.562 bits per heavy atom. The van der Waals surface area contributed by atoms with Crippen LogP contribution in [-0.2, 0) is 10.8 Å². The van der Waals surface area contributed by atoms with Crippen LogP contribution < -0.4 is 0 Å². The number of phenols is 2. The van der Waals surface area contributed by atoms with Gasteiger partial charge in [0.2, 0.25) is 0 Å². The Labute approximate surface area is 191 Å². The monoisotopic (exact) mass is 428 g/mol. The zero-order valence-electron chi connectivity index (χ0n) is 19.2. The molecule has 2 N–H and O–H groups in total. The minimum Gasteiger partial charge on any atom is -0.508 e. The Balaban J connectivity index is 1.29. The highest BCUT2D eigenvalue weighted by Crippen LogP contribution is 2.64. The van der Waals surface area contributed by atoms with E-state index in [1.807, 2.05) is 12.1 Å². The number of hydrogen-bond acceptors (Lipinski definition) is 2. The molecule has 0 unspecified atom stereocenters. The standard InChI is InChI=1S/C30H36O2/c31-25-8-23-7-24(29-11-17-1-18(12-29)3-19(2-17)13-29)9-27(32)28(23)26(10-25)30-14-20-4-21(15-30)6-22(5-20)16-30/h7-10,17-22,31-32H,1-6,11-16H2. The number of aromatic hydroxyl groups is 2. The number of hydrogen-bond donors (Lipinski definition) is 2. The Morgan fingerprint density at radius 2 is 1.03 bits per heavy atom. The maximum absolute atomic E-state index is 11.5. The van der Waals surface area contributed by atoms with Gasteiger partial charge in [-0.1, -0.05) is 6.07 Å². The molecular formula is C30H36O2. The molecule has 8 fully saturated rings. The summed E-state index contributed by atoms with van der Waals surface area (Å²) < 4.78 is 0. The van der Waals surface area contributed by atoms with Crippen LogP contribution in [0.2, 0.25) is 0 Å². The molecule has 0 atom stereocenters. The summed E-state index contributed by atoms with van der Waals surface area (Å²) in [5, 5.41) is 24.5. The van der Waals surface area contributed by atoms with Gasteiger partial charge in [0.25, 0.3) is 0 Å². The van der Waals surface area contributed by atoms with Crippen molar-refractivity contribution in [3.8, 4) is 11.5 Å². The molecule has 0 aromatic heterocycles. The van der Waals surface area contributed by atoms with Gasteiger partial charge >= 0.3 is 0 Å².